The molecule has 0 atom stereocenters. The minimum absolute atomic E-state index is 0.384. The van der Waals surface area contributed by atoms with Crippen LogP contribution in [0.25, 0.3) is 0 Å². The fraction of sp³-hybridized carbons (Fsp3) is 0.333. The highest BCUT2D eigenvalue weighted by Gasteiger charge is 1.98. The van der Waals surface area contributed by atoms with Crippen LogP contribution in [0.5, 0.6) is 0 Å². The van der Waals surface area contributed by atoms with E-state index in [1.54, 1.807) is 18.2 Å². The average molecular weight is 199 g/mol. The molecule has 0 saturated carbocycles. The standard InChI is InChI=1S/C9H13NO2S/c1-10(2)7-8-4-3-5-9(6-8)13(11)12/h3-6,13H,7H2,1-2H3. The molecule has 0 amide bonds. The fourth-order valence-electron chi connectivity index (χ4n) is 1.13. The van der Waals surface area contributed by atoms with Crippen molar-refractivity contribution in [3.8, 4) is 0 Å². The highest BCUT2D eigenvalue weighted by atomic mass is 32.2. The smallest absolute Gasteiger partial charge is 0.168 e. The lowest BCUT2D eigenvalue weighted by Gasteiger charge is -2.09. The predicted molar refractivity (Wildman–Crippen MR) is 52.4 cm³/mol. The summed E-state index contributed by atoms with van der Waals surface area (Å²) < 4.78 is 21.3. The van der Waals surface area contributed by atoms with Gasteiger partial charge in [0.2, 0.25) is 0 Å². The maximum atomic E-state index is 10.7. The molecule has 4 heteroatoms. The first kappa shape index (κ1) is 10.2. The summed E-state index contributed by atoms with van der Waals surface area (Å²) in [7, 11) is 1.44. The Balaban J connectivity index is 2.92. The molecule has 1 aromatic carbocycles. The van der Waals surface area contributed by atoms with Crippen LogP contribution in [-0.2, 0) is 17.2 Å². The first-order valence-electron chi connectivity index (χ1n) is 3.97. The molecule has 0 aliphatic carbocycles. The van der Waals surface area contributed by atoms with Gasteiger partial charge in [-0.3, -0.25) is 0 Å². The number of benzene rings is 1. The van der Waals surface area contributed by atoms with Crippen LogP contribution in [-0.4, -0.2) is 27.4 Å². The van der Waals surface area contributed by atoms with Gasteiger partial charge in [0.1, 0.15) is 0 Å². The minimum atomic E-state index is -2.46. The normalized spacial score (nSPS) is 11.1. The summed E-state index contributed by atoms with van der Waals surface area (Å²) >= 11 is 0. The van der Waals surface area contributed by atoms with Crippen LogP contribution in [0.1, 0.15) is 5.56 Å². The van der Waals surface area contributed by atoms with Gasteiger partial charge in [0, 0.05) is 6.54 Å². The minimum Gasteiger partial charge on any atom is -0.305 e. The van der Waals surface area contributed by atoms with Crippen LogP contribution in [0.4, 0.5) is 0 Å². The molecule has 0 heterocycles. The number of hydrogen-bond acceptors (Lipinski definition) is 3. The average Bonchev–Trinajstić information content (AvgIpc) is 2.03. The van der Waals surface area contributed by atoms with Gasteiger partial charge in [0.15, 0.2) is 10.7 Å². The van der Waals surface area contributed by atoms with Gasteiger partial charge in [-0.2, -0.15) is 0 Å². The largest absolute Gasteiger partial charge is 0.305 e. The molecule has 0 saturated heterocycles. The Bertz CT molecular complexity index is 350. The van der Waals surface area contributed by atoms with Crippen LogP contribution in [0.2, 0.25) is 0 Å². The summed E-state index contributed by atoms with van der Waals surface area (Å²) in [6.45, 7) is 0.761. The molecule has 72 valence electrons. The Morgan fingerprint density at radius 3 is 2.54 bits per heavy atom. The Kier molecular flexibility index (Phi) is 3.45. The van der Waals surface area contributed by atoms with Gasteiger partial charge < -0.3 is 4.90 Å². The zero-order chi connectivity index (χ0) is 9.84. The monoisotopic (exact) mass is 199 g/mol. The molecule has 1 rings (SSSR count). The first-order chi connectivity index (χ1) is 6.09. The second kappa shape index (κ2) is 4.39. The molecule has 0 aliphatic rings. The second-order valence-electron chi connectivity index (χ2n) is 3.16. The molecule has 0 aromatic heterocycles. The lowest BCUT2D eigenvalue weighted by Crippen LogP contribution is -2.10. The van der Waals surface area contributed by atoms with E-state index in [0.29, 0.717) is 4.90 Å². The third-order valence-electron chi connectivity index (χ3n) is 1.62. The first-order valence-corrected chi connectivity index (χ1v) is 5.15. The van der Waals surface area contributed by atoms with Gasteiger partial charge in [0.25, 0.3) is 0 Å². The Labute approximate surface area is 79.9 Å². The highest BCUT2D eigenvalue weighted by molar-refractivity contribution is 7.72. The summed E-state index contributed by atoms with van der Waals surface area (Å²) in [5, 5.41) is 0. The van der Waals surface area contributed by atoms with Crippen LogP contribution in [0.3, 0.4) is 0 Å². The second-order valence-corrected chi connectivity index (χ2v) is 4.20. The molecule has 0 aliphatic heterocycles. The molecule has 0 spiro atoms. The summed E-state index contributed by atoms with van der Waals surface area (Å²) in [5.74, 6) is 0. The summed E-state index contributed by atoms with van der Waals surface area (Å²) in [5.41, 5.74) is 1.02. The molecule has 0 fully saturated rings. The quantitative estimate of drug-likeness (QED) is 0.729. The van der Waals surface area contributed by atoms with Crippen molar-refractivity contribution in [2.24, 2.45) is 0 Å². The van der Waals surface area contributed by atoms with Gasteiger partial charge in [-0.05, 0) is 31.8 Å². The van der Waals surface area contributed by atoms with Gasteiger partial charge in [-0.25, -0.2) is 8.42 Å². The van der Waals surface area contributed by atoms with Gasteiger partial charge in [-0.15, -0.1) is 0 Å². The number of thiol groups is 1. The van der Waals surface area contributed by atoms with Gasteiger partial charge >= 0.3 is 0 Å². The van der Waals surface area contributed by atoms with Crippen molar-refractivity contribution in [3.05, 3.63) is 29.8 Å². The maximum absolute atomic E-state index is 10.7. The fourth-order valence-corrected chi connectivity index (χ4v) is 1.61. The zero-order valence-corrected chi connectivity index (χ0v) is 8.62. The van der Waals surface area contributed by atoms with E-state index in [4.69, 9.17) is 0 Å². The molecule has 0 N–H and O–H groups in total. The highest BCUT2D eigenvalue weighted by Crippen LogP contribution is 2.07. The lowest BCUT2D eigenvalue weighted by atomic mass is 10.2. The van der Waals surface area contributed by atoms with E-state index in [1.165, 1.54) is 0 Å². The van der Waals surface area contributed by atoms with Crippen molar-refractivity contribution >= 4 is 10.7 Å². The number of nitrogens with zero attached hydrogens (tertiary/aromatic N) is 1. The van der Waals surface area contributed by atoms with Crippen LogP contribution in [0, 0.1) is 0 Å². The number of hydrogen-bond donors (Lipinski definition) is 1. The summed E-state index contributed by atoms with van der Waals surface area (Å²) in [6.07, 6.45) is 0. The van der Waals surface area contributed by atoms with E-state index in [1.807, 2.05) is 25.1 Å². The summed E-state index contributed by atoms with van der Waals surface area (Å²) in [6, 6.07) is 6.98. The molecule has 1 aromatic rings. The Morgan fingerprint density at radius 1 is 1.31 bits per heavy atom. The Morgan fingerprint density at radius 2 is 2.00 bits per heavy atom. The molecule has 13 heavy (non-hydrogen) atoms. The predicted octanol–water partition coefficient (Wildman–Crippen LogP) is 0.719. The molecule has 3 nitrogen and oxygen atoms in total. The van der Waals surface area contributed by atoms with Crippen molar-refractivity contribution < 1.29 is 8.42 Å². The van der Waals surface area contributed by atoms with Crippen molar-refractivity contribution in [3.63, 3.8) is 0 Å². The SMILES string of the molecule is CN(C)Cc1cccc([SH](=O)=O)c1. The topological polar surface area (TPSA) is 37.4 Å². The molecular weight excluding hydrogens is 186 g/mol. The van der Waals surface area contributed by atoms with E-state index < -0.39 is 10.7 Å². The zero-order valence-electron chi connectivity index (χ0n) is 7.73. The van der Waals surface area contributed by atoms with Crippen LogP contribution < -0.4 is 0 Å². The lowest BCUT2D eigenvalue weighted by molar-refractivity contribution is 0.402. The molecular formula is C9H13NO2S. The molecule has 0 unspecified atom stereocenters. The van der Waals surface area contributed by atoms with Crippen molar-refractivity contribution in [2.45, 2.75) is 11.4 Å². The summed E-state index contributed by atoms with van der Waals surface area (Å²) in [4.78, 5) is 2.38. The van der Waals surface area contributed by atoms with Crippen molar-refractivity contribution in [1.29, 1.82) is 0 Å². The van der Waals surface area contributed by atoms with Crippen LogP contribution in [0.15, 0.2) is 29.2 Å². The molecule has 0 bridgehead atoms. The van der Waals surface area contributed by atoms with Crippen molar-refractivity contribution in [2.75, 3.05) is 14.1 Å². The molecule has 0 radical (unpaired) electrons. The van der Waals surface area contributed by atoms with E-state index in [9.17, 15) is 8.42 Å². The van der Waals surface area contributed by atoms with E-state index in [-0.39, 0.29) is 0 Å². The third-order valence-corrected chi connectivity index (χ3v) is 2.32. The van der Waals surface area contributed by atoms with Crippen LogP contribution >= 0.6 is 0 Å². The Hall–Kier alpha value is -0.870. The van der Waals surface area contributed by atoms with Gasteiger partial charge in [-0.1, -0.05) is 12.1 Å². The van der Waals surface area contributed by atoms with Crippen molar-refractivity contribution in [1.82, 2.24) is 4.90 Å². The van der Waals surface area contributed by atoms with Gasteiger partial charge in [0.05, 0.1) is 4.90 Å². The van der Waals surface area contributed by atoms with E-state index in [0.717, 1.165) is 12.1 Å². The number of rotatable bonds is 3. The third kappa shape index (κ3) is 3.16. The maximum Gasteiger partial charge on any atom is 0.168 e. The van der Waals surface area contributed by atoms with E-state index in [2.05, 4.69) is 0 Å². The van der Waals surface area contributed by atoms with E-state index >= 15 is 0 Å².